The van der Waals surface area contributed by atoms with Crippen molar-refractivity contribution in [3.05, 3.63) is 29.8 Å². The number of oxime groups is 1. The van der Waals surface area contributed by atoms with Crippen molar-refractivity contribution in [2.45, 2.75) is 11.1 Å². The van der Waals surface area contributed by atoms with Crippen molar-refractivity contribution in [3.8, 4) is 0 Å². The second-order valence-corrected chi connectivity index (χ2v) is 3.55. The predicted octanol–water partition coefficient (Wildman–Crippen LogP) is 3.15. The Morgan fingerprint density at radius 2 is 1.80 bits per heavy atom. The van der Waals surface area contributed by atoms with E-state index >= 15 is 0 Å². The molecule has 1 aromatic carbocycles. The van der Waals surface area contributed by atoms with Crippen molar-refractivity contribution in [2.24, 2.45) is 5.16 Å². The van der Waals surface area contributed by atoms with Crippen LogP contribution in [0.5, 0.6) is 0 Å². The lowest BCUT2D eigenvalue weighted by Gasteiger charge is -2.08. The summed E-state index contributed by atoms with van der Waals surface area (Å²) in [5, 5.41) is 10.6. The molecule has 0 amide bonds. The molecule has 0 aromatic heterocycles. The topological polar surface area (TPSA) is 32.6 Å². The molecule has 0 spiro atoms. The van der Waals surface area contributed by atoms with E-state index in [1.165, 1.54) is 36.0 Å². The van der Waals surface area contributed by atoms with Crippen molar-refractivity contribution in [1.82, 2.24) is 0 Å². The van der Waals surface area contributed by atoms with Crippen LogP contribution in [0.25, 0.3) is 0 Å². The third-order valence-electron chi connectivity index (χ3n) is 1.73. The third kappa shape index (κ3) is 2.89. The fraction of sp³-hybridized carbons (Fsp3) is 0.222. The molecule has 0 atom stereocenters. The van der Waals surface area contributed by atoms with Gasteiger partial charge in [0.15, 0.2) is 5.71 Å². The number of hydrogen-bond acceptors (Lipinski definition) is 3. The highest BCUT2D eigenvalue weighted by Gasteiger charge is 2.37. The van der Waals surface area contributed by atoms with Crippen LogP contribution >= 0.6 is 11.8 Å². The lowest BCUT2D eigenvalue weighted by molar-refractivity contribution is -0.0601. The Hall–Kier alpha value is -1.17. The zero-order valence-electron chi connectivity index (χ0n) is 7.75. The van der Waals surface area contributed by atoms with Gasteiger partial charge in [-0.05, 0) is 18.4 Å². The smallest absolute Gasteiger partial charge is 0.410 e. The molecule has 15 heavy (non-hydrogen) atoms. The molecule has 6 heteroatoms. The summed E-state index contributed by atoms with van der Waals surface area (Å²) in [5.74, 6) is 0. The van der Waals surface area contributed by atoms with Gasteiger partial charge in [0, 0.05) is 10.5 Å². The average Bonchev–Trinajstić information content (AvgIpc) is 2.18. The molecule has 2 nitrogen and oxygen atoms in total. The summed E-state index contributed by atoms with van der Waals surface area (Å²) in [5.41, 5.74) is -1.43. The van der Waals surface area contributed by atoms with E-state index in [2.05, 4.69) is 5.16 Å². The van der Waals surface area contributed by atoms with Crippen molar-refractivity contribution in [2.75, 3.05) is 6.26 Å². The van der Waals surface area contributed by atoms with Gasteiger partial charge in [0.2, 0.25) is 0 Å². The second kappa shape index (κ2) is 4.57. The van der Waals surface area contributed by atoms with E-state index in [-0.39, 0.29) is 5.56 Å². The Kier molecular flexibility index (Phi) is 3.62. The van der Waals surface area contributed by atoms with Gasteiger partial charge >= 0.3 is 6.18 Å². The van der Waals surface area contributed by atoms with Crippen molar-refractivity contribution < 1.29 is 18.4 Å². The van der Waals surface area contributed by atoms with Gasteiger partial charge in [0.25, 0.3) is 0 Å². The molecule has 82 valence electrons. The van der Waals surface area contributed by atoms with Crippen molar-refractivity contribution >= 4 is 17.5 Å². The SMILES string of the molecule is CSc1ccc(/C(=N/O)C(F)(F)F)cc1. The van der Waals surface area contributed by atoms with Crippen LogP contribution in [-0.2, 0) is 0 Å². The first kappa shape index (κ1) is 11.9. The maximum absolute atomic E-state index is 12.3. The first-order valence-corrected chi connectivity index (χ1v) is 5.15. The standard InChI is InChI=1S/C9H8F3NOS/c1-15-7-4-2-6(3-5-7)8(13-14)9(10,11)12/h2-5,14H,1H3/b13-8-. The van der Waals surface area contributed by atoms with Crippen LogP contribution < -0.4 is 0 Å². The molecule has 0 aliphatic heterocycles. The quantitative estimate of drug-likeness (QED) is 0.369. The Morgan fingerprint density at radius 3 is 2.13 bits per heavy atom. The lowest BCUT2D eigenvalue weighted by atomic mass is 10.1. The summed E-state index contributed by atoms with van der Waals surface area (Å²) < 4.78 is 36.9. The predicted molar refractivity (Wildman–Crippen MR) is 52.6 cm³/mol. The molecule has 0 saturated carbocycles. The van der Waals surface area contributed by atoms with Crippen molar-refractivity contribution in [3.63, 3.8) is 0 Å². The Morgan fingerprint density at radius 1 is 1.27 bits per heavy atom. The lowest BCUT2D eigenvalue weighted by Crippen LogP contribution is -2.23. The molecule has 1 rings (SSSR count). The zero-order valence-corrected chi connectivity index (χ0v) is 8.56. The van der Waals surface area contributed by atoms with E-state index in [9.17, 15) is 13.2 Å². The number of alkyl halides is 3. The Bertz CT molecular complexity index is 359. The van der Waals surface area contributed by atoms with E-state index in [0.717, 1.165) is 4.90 Å². The summed E-state index contributed by atoms with van der Waals surface area (Å²) in [4.78, 5) is 0.846. The molecule has 0 saturated heterocycles. The van der Waals surface area contributed by atoms with Crippen LogP contribution in [0.4, 0.5) is 13.2 Å². The minimum absolute atomic E-state index is 0.150. The third-order valence-corrected chi connectivity index (χ3v) is 2.48. The summed E-state index contributed by atoms with van der Waals surface area (Å²) in [7, 11) is 0. The van der Waals surface area contributed by atoms with Gasteiger partial charge in [-0.1, -0.05) is 17.3 Å². The minimum Gasteiger partial charge on any atom is -0.410 e. The summed E-state index contributed by atoms with van der Waals surface area (Å²) in [6.07, 6.45) is -2.82. The van der Waals surface area contributed by atoms with Gasteiger partial charge < -0.3 is 5.21 Å². The molecule has 0 bridgehead atoms. The minimum atomic E-state index is -4.64. The van der Waals surface area contributed by atoms with Gasteiger partial charge in [-0.25, -0.2) is 0 Å². The fourth-order valence-corrected chi connectivity index (χ4v) is 1.44. The van der Waals surface area contributed by atoms with Crippen LogP contribution in [0.3, 0.4) is 0 Å². The highest BCUT2D eigenvalue weighted by Crippen LogP contribution is 2.24. The first-order chi connectivity index (χ1) is 6.99. The molecule has 0 aliphatic carbocycles. The van der Waals surface area contributed by atoms with Gasteiger partial charge in [-0.15, -0.1) is 11.8 Å². The van der Waals surface area contributed by atoms with E-state index in [1.54, 1.807) is 0 Å². The monoisotopic (exact) mass is 235 g/mol. The van der Waals surface area contributed by atoms with Crippen molar-refractivity contribution in [1.29, 1.82) is 0 Å². The molecular weight excluding hydrogens is 227 g/mol. The van der Waals surface area contributed by atoms with E-state index in [0.29, 0.717) is 0 Å². The molecule has 1 N–H and O–H groups in total. The molecule has 0 heterocycles. The van der Waals surface area contributed by atoms with E-state index in [1.807, 2.05) is 6.26 Å². The van der Waals surface area contributed by atoms with Crippen LogP contribution in [0.1, 0.15) is 5.56 Å². The van der Waals surface area contributed by atoms with Gasteiger partial charge in [0.1, 0.15) is 0 Å². The molecular formula is C9H8F3NOS. The average molecular weight is 235 g/mol. The number of halogens is 3. The van der Waals surface area contributed by atoms with E-state index < -0.39 is 11.9 Å². The normalized spacial score (nSPS) is 12.9. The van der Waals surface area contributed by atoms with Crippen LogP contribution in [0.2, 0.25) is 0 Å². The number of nitrogens with zero attached hydrogens (tertiary/aromatic N) is 1. The fourth-order valence-electron chi connectivity index (χ4n) is 1.03. The van der Waals surface area contributed by atoms with Crippen LogP contribution in [0.15, 0.2) is 34.3 Å². The maximum atomic E-state index is 12.3. The second-order valence-electron chi connectivity index (χ2n) is 2.67. The van der Waals surface area contributed by atoms with Crippen LogP contribution in [-0.4, -0.2) is 23.4 Å². The van der Waals surface area contributed by atoms with E-state index in [4.69, 9.17) is 5.21 Å². The number of benzene rings is 1. The highest BCUT2D eigenvalue weighted by molar-refractivity contribution is 7.98. The number of hydrogen-bond donors (Lipinski definition) is 1. The molecule has 0 radical (unpaired) electrons. The van der Waals surface area contributed by atoms with Gasteiger partial charge in [-0.3, -0.25) is 0 Å². The number of rotatable bonds is 2. The Balaban J connectivity index is 3.05. The van der Waals surface area contributed by atoms with Gasteiger partial charge in [-0.2, -0.15) is 13.2 Å². The first-order valence-electron chi connectivity index (χ1n) is 3.92. The molecule has 0 aliphatic rings. The summed E-state index contributed by atoms with van der Waals surface area (Å²) in [6.45, 7) is 0. The number of thioether (sulfide) groups is 1. The molecule has 1 aromatic rings. The highest BCUT2D eigenvalue weighted by atomic mass is 32.2. The van der Waals surface area contributed by atoms with Gasteiger partial charge in [0.05, 0.1) is 0 Å². The maximum Gasteiger partial charge on any atom is 0.437 e. The Labute approximate surface area is 88.8 Å². The summed E-state index contributed by atoms with van der Waals surface area (Å²) in [6, 6.07) is 5.62. The zero-order chi connectivity index (χ0) is 11.5. The molecule has 0 unspecified atom stereocenters. The summed E-state index contributed by atoms with van der Waals surface area (Å²) >= 11 is 1.42. The largest absolute Gasteiger partial charge is 0.437 e. The van der Waals surface area contributed by atoms with Crippen LogP contribution in [0, 0.1) is 0 Å². The molecule has 0 fully saturated rings.